The van der Waals surface area contributed by atoms with E-state index in [1.807, 2.05) is 0 Å². The van der Waals surface area contributed by atoms with Gasteiger partial charge in [0.1, 0.15) is 5.58 Å². The zero-order valence-electron chi connectivity index (χ0n) is 35.8. The summed E-state index contributed by atoms with van der Waals surface area (Å²) in [5.74, 6) is 0. The number of hydrogen-bond acceptors (Lipinski definition) is 2. The molecule has 14 rings (SSSR count). The van der Waals surface area contributed by atoms with Crippen LogP contribution in [0.1, 0.15) is 72.2 Å². The Morgan fingerprint density at radius 2 is 0.778 bits per heavy atom. The lowest BCUT2D eigenvalue weighted by atomic mass is 9.69. The van der Waals surface area contributed by atoms with Crippen molar-refractivity contribution in [3.05, 3.63) is 233 Å². The highest BCUT2D eigenvalue weighted by atomic mass is 16.3. The summed E-state index contributed by atoms with van der Waals surface area (Å²) in [5, 5.41) is 2.31. The minimum Gasteiger partial charge on any atom is -0.454 e. The smallest absolute Gasteiger partial charge is 0.159 e. The Morgan fingerprint density at radius 3 is 1.29 bits per heavy atom. The summed E-state index contributed by atoms with van der Waals surface area (Å²) in [7, 11) is 0. The van der Waals surface area contributed by atoms with Gasteiger partial charge >= 0.3 is 0 Å². The normalized spacial score (nSPS) is 15.7. The van der Waals surface area contributed by atoms with Crippen LogP contribution in [-0.4, -0.2) is 0 Å². The molecule has 4 aliphatic carbocycles. The van der Waals surface area contributed by atoms with Crippen LogP contribution < -0.4 is 4.90 Å². The second kappa shape index (κ2) is 11.9. The first-order valence-corrected chi connectivity index (χ1v) is 22.3. The van der Waals surface area contributed by atoms with E-state index in [2.05, 4.69) is 221 Å². The summed E-state index contributed by atoms with van der Waals surface area (Å²) in [6.07, 6.45) is 0. The Morgan fingerprint density at radius 1 is 0.365 bits per heavy atom. The average Bonchev–Trinajstić information content (AvgIpc) is 4.06. The molecule has 63 heavy (non-hydrogen) atoms. The maximum Gasteiger partial charge on any atom is 0.159 e. The molecule has 0 N–H and O–H groups in total. The second-order valence-corrected chi connectivity index (χ2v) is 19.1. The molecule has 1 spiro atoms. The van der Waals surface area contributed by atoms with Crippen LogP contribution in [0.4, 0.5) is 17.1 Å². The third-order valence-electron chi connectivity index (χ3n) is 15.5. The zero-order chi connectivity index (χ0) is 42.0. The first-order chi connectivity index (χ1) is 30.8. The van der Waals surface area contributed by atoms with E-state index < -0.39 is 5.41 Å². The van der Waals surface area contributed by atoms with Crippen molar-refractivity contribution < 1.29 is 4.42 Å². The predicted octanol–water partition coefficient (Wildman–Crippen LogP) is 16.0. The predicted molar refractivity (Wildman–Crippen MR) is 260 cm³/mol. The second-order valence-electron chi connectivity index (χ2n) is 19.1. The first-order valence-electron chi connectivity index (χ1n) is 22.3. The summed E-state index contributed by atoms with van der Waals surface area (Å²) >= 11 is 0. The number of fused-ring (bicyclic) bond motifs is 20. The van der Waals surface area contributed by atoms with Gasteiger partial charge in [-0.1, -0.05) is 179 Å². The largest absolute Gasteiger partial charge is 0.454 e. The van der Waals surface area contributed by atoms with Gasteiger partial charge in [-0.25, -0.2) is 0 Å². The van der Waals surface area contributed by atoms with E-state index in [0.717, 1.165) is 33.6 Å². The topological polar surface area (TPSA) is 16.4 Å². The Balaban J connectivity index is 1.06. The van der Waals surface area contributed by atoms with Crippen molar-refractivity contribution in [2.45, 2.75) is 43.9 Å². The van der Waals surface area contributed by atoms with Gasteiger partial charge in [0, 0.05) is 33.0 Å². The SMILES string of the molecule is CC1(C)c2ccccc2-c2ccc(N(c3ccc4c(c3)C(C)(C)c3ccccc3-4)c3cccc4c3oc3ccc5c(c34)C3(c4ccccc4-c4ccccc43)c3ccccc3-5)cc21. The average molecular weight is 806 g/mol. The van der Waals surface area contributed by atoms with Crippen molar-refractivity contribution >= 4 is 39.0 Å². The molecule has 0 bridgehead atoms. The van der Waals surface area contributed by atoms with Crippen LogP contribution in [-0.2, 0) is 16.2 Å². The molecule has 0 unspecified atom stereocenters. The van der Waals surface area contributed by atoms with E-state index in [0.29, 0.717) is 0 Å². The molecule has 2 heteroatoms. The highest BCUT2D eigenvalue weighted by molar-refractivity contribution is 6.16. The highest BCUT2D eigenvalue weighted by Crippen LogP contribution is 2.65. The number of anilines is 3. The number of furan rings is 1. The summed E-state index contributed by atoms with van der Waals surface area (Å²) in [6.45, 7) is 9.48. The van der Waals surface area contributed by atoms with Crippen LogP contribution in [0.2, 0.25) is 0 Å². The van der Waals surface area contributed by atoms with Gasteiger partial charge < -0.3 is 9.32 Å². The van der Waals surface area contributed by atoms with Gasteiger partial charge in [-0.3, -0.25) is 0 Å². The van der Waals surface area contributed by atoms with E-state index in [-0.39, 0.29) is 10.8 Å². The van der Waals surface area contributed by atoms with E-state index in [9.17, 15) is 0 Å². The van der Waals surface area contributed by atoms with Crippen molar-refractivity contribution in [2.75, 3.05) is 4.90 Å². The minimum absolute atomic E-state index is 0.154. The zero-order valence-corrected chi connectivity index (χ0v) is 35.8. The van der Waals surface area contributed by atoms with Gasteiger partial charge in [-0.2, -0.15) is 0 Å². The molecule has 2 nitrogen and oxygen atoms in total. The molecule has 1 aromatic heterocycles. The van der Waals surface area contributed by atoms with Crippen LogP contribution in [0.3, 0.4) is 0 Å². The van der Waals surface area contributed by atoms with Crippen molar-refractivity contribution in [3.63, 3.8) is 0 Å². The van der Waals surface area contributed by atoms with Crippen LogP contribution in [0.5, 0.6) is 0 Å². The quantitative estimate of drug-likeness (QED) is 0.177. The maximum atomic E-state index is 7.34. The van der Waals surface area contributed by atoms with Gasteiger partial charge in [0.2, 0.25) is 0 Å². The maximum absolute atomic E-state index is 7.34. The Labute approximate surface area is 367 Å². The lowest BCUT2D eigenvalue weighted by Gasteiger charge is -2.31. The molecule has 0 saturated carbocycles. The number of benzene rings is 9. The van der Waals surface area contributed by atoms with Crippen LogP contribution in [0.25, 0.3) is 66.4 Å². The third-order valence-corrected chi connectivity index (χ3v) is 15.5. The Hall–Kier alpha value is -7.42. The molecule has 0 fully saturated rings. The van der Waals surface area contributed by atoms with E-state index >= 15 is 0 Å². The molecule has 4 aliphatic rings. The Kier molecular flexibility index (Phi) is 6.67. The Bertz CT molecular complexity index is 3480. The summed E-state index contributed by atoms with van der Waals surface area (Å²) in [4.78, 5) is 2.47. The standard InChI is InChI=1S/C61H43NO/c1-59(2)47-22-10-5-16-38(47)43-30-28-36(34-52(43)59)62(37-29-31-44-39-17-6-11-23-48(39)60(3,4)53(44)35-37)54-27-15-21-46-56-55(63-58(46)54)33-32-45-42-20-9-14-26-51(42)61(57(45)56)49-24-12-7-18-40(49)41-19-8-13-25-50(41)61/h5-35H,1-4H3. The molecule has 0 radical (unpaired) electrons. The number of hydrogen-bond donors (Lipinski definition) is 0. The van der Waals surface area contributed by atoms with Crippen molar-refractivity contribution in [1.82, 2.24) is 0 Å². The lowest BCUT2D eigenvalue weighted by Crippen LogP contribution is -2.26. The number of rotatable bonds is 3. The van der Waals surface area contributed by atoms with E-state index in [1.54, 1.807) is 0 Å². The van der Waals surface area contributed by atoms with Crippen LogP contribution >= 0.6 is 0 Å². The minimum atomic E-state index is -0.494. The third kappa shape index (κ3) is 4.24. The van der Waals surface area contributed by atoms with Gasteiger partial charge in [-0.05, 0) is 125 Å². The van der Waals surface area contributed by atoms with Crippen molar-refractivity contribution in [1.29, 1.82) is 0 Å². The van der Waals surface area contributed by atoms with Gasteiger partial charge in [-0.15, -0.1) is 0 Å². The van der Waals surface area contributed by atoms with Gasteiger partial charge in [0.15, 0.2) is 5.58 Å². The molecular weight excluding hydrogens is 763 g/mol. The van der Waals surface area contributed by atoms with Crippen molar-refractivity contribution in [3.8, 4) is 44.5 Å². The first kappa shape index (κ1) is 35.2. The van der Waals surface area contributed by atoms with Crippen LogP contribution in [0, 0.1) is 0 Å². The molecule has 9 aromatic carbocycles. The number of nitrogens with zero attached hydrogens (tertiary/aromatic N) is 1. The summed E-state index contributed by atoms with van der Waals surface area (Å²) in [5.41, 5.74) is 25.4. The fourth-order valence-electron chi connectivity index (χ4n) is 12.7. The van der Waals surface area contributed by atoms with Gasteiger partial charge in [0.25, 0.3) is 0 Å². The lowest BCUT2D eigenvalue weighted by molar-refractivity contribution is 0.659. The molecule has 1 heterocycles. The van der Waals surface area contributed by atoms with Gasteiger partial charge in [0.05, 0.1) is 11.1 Å². The summed E-state index contributed by atoms with van der Waals surface area (Å²) < 4.78 is 7.34. The summed E-state index contributed by atoms with van der Waals surface area (Å²) in [6, 6.07) is 70.6. The number of para-hydroxylation sites is 1. The van der Waals surface area contributed by atoms with Crippen molar-refractivity contribution in [2.24, 2.45) is 0 Å². The van der Waals surface area contributed by atoms with E-state index in [1.165, 1.54) is 94.4 Å². The molecule has 0 amide bonds. The molecule has 0 atom stereocenters. The highest BCUT2D eigenvalue weighted by Gasteiger charge is 2.53. The fraction of sp³-hybridized carbons (Fsp3) is 0.115. The molecule has 0 saturated heterocycles. The molecule has 298 valence electrons. The molecule has 0 aliphatic heterocycles. The van der Waals surface area contributed by atoms with Crippen LogP contribution in [0.15, 0.2) is 192 Å². The molecular formula is C61H43NO. The van der Waals surface area contributed by atoms with E-state index in [4.69, 9.17) is 4.42 Å². The molecule has 10 aromatic rings. The monoisotopic (exact) mass is 805 g/mol. The fourth-order valence-corrected chi connectivity index (χ4v) is 12.7.